The lowest BCUT2D eigenvalue weighted by Crippen LogP contribution is -2.16. The van der Waals surface area contributed by atoms with Crippen LogP contribution in [0, 0.1) is 20.8 Å². The van der Waals surface area contributed by atoms with Gasteiger partial charge in [-0.1, -0.05) is 78.0 Å². The number of hydrogen-bond donors (Lipinski definition) is 5. The van der Waals surface area contributed by atoms with Gasteiger partial charge in [-0.2, -0.15) is 39.5 Å². The van der Waals surface area contributed by atoms with E-state index >= 15 is 0 Å². The molecule has 690 valence electrons. The number of methoxy groups -OCH3 is 1. The van der Waals surface area contributed by atoms with Crippen LogP contribution in [0.1, 0.15) is 58.4 Å². The van der Waals surface area contributed by atoms with Crippen LogP contribution in [0.25, 0.3) is 84.5 Å². The lowest BCUT2D eigenvalue weighted by atomic mass is 10.1. The van der Waals surface area contributed by atoms with Crippen LogP contribution in [0.2, 0.25) is 0 Å². The van der Waals surface area contributed by atoms with E-state index in [1.54, 1.807) is 56.4 Å². The third-order valence-electron chi connectivity index (χ3n) is 20.8. The van der Waals surface area contributed by atoms with Crippen molar-refractivity contribution < 1.29 is 62.2 Å². The molecular weight excluding hydrogens is 1810 g/mol. The number of imidazole rings is 4. The summed E-state index contributed by atoms with van der Waals surface area (Å²) >= 11 is 1.49. The van der Waals surface area contributed by atoms with Gasteiger partial charge in [0.15, 0.2) is 57.1 Å². The first kappa shape index (κ1) is 91.9. The number of para-hydroxylation sites is 3. The number of pyridine rings is 2. The number of alkyl halides is 12. The Morgan fingerprint density at radius 3 is 1.36 bits per heavy atom. The molecule has 1 fully saturated rings. The van der Waals surface area contributed by atoms with Crippen LogP contribution < -0.4 is 36.1 Å². The smallest absolute Gasteiger partial charge is 0.497 e. The van der Waals surface area contributed by atoms with E-state index in [1.807, 2.05) is 132 Å². The van der Waals surface area contributed by atoms with Gasteiger partial charge < -0.3 is 36.1 Å². The summed E-state index contributed by atoms with van der Waals surface area (Å²) in [5.41, 5.74) is 8.86. The molecule has 0 saturated heterocycles. The van der Waals surface area contributed by atoms with Crippen LogP contribution in [0.5, 0.6) is 11.5 Å². The molecule has 0 atom stereocenters. The summed E-state index contributed by atoms with van der Waals surface area (Å²) in [4.78, 5) is 67.7. The van der Waals surface area contributed by atoms with Gasteiger partial charge in [0, 0.05) is 64.3 Å². The van der Waals surface area contributed by atoms with Crippen molar-refractivity contribution >= 4 is 114 Å². The molecule has 7 aromatic carbocycles. The van der Waals surface area contributed by atoms with E-state index < -0.39 is 41.8 Å². The fourth-order valence-electron chi connectivity index (χ4n) is 14.5. The number of aryl methyl sites for hydroxylation is 3. The minimum atomic E-state index is -4.72. The number of rotatable bonds is 19. The quantitative estimate of drug-likeness (QED) is 0.0371. The number of halogens is 12. The largest absolute Gasteiger partial charge is 0.573 e. The fourth-order valence-corrected chi connectivity index (χ4v) is 15.1. The molecule has 21 rings (SSSR count). The molecule has 137 heavy (non-hydrogen) atoms. The molecule has 0 aliphatic heterocycles. The van der Waals surface area contributed by atoms with Gasteiger partial charge in [-0.15, -0.1) is 13.2 Å². The van der Waals surface area contributed by atoms with Gasteiger partial charge in [-0.05, 0) is 191 Å². The molecule has 0 amide bonds. The number of ether oxygens (including phenoxy) is 2. The molecule has 13 heterocycles. The number of benzene rings is 7. The van der Waals surface area contributed by atoms with Crippen LogP contribution >= 0.6 is 11.8 Å². The van der Waals surface area contributed by atoms with Crippen molar-refractivity contribution in [3.63, 3.8) is 0 Å². The van der Waals surface area contributed by atoms with E-state index in [0.717, 1.165) is 90.6 Å². The summed E-state index contributed by atoms with van der Waals surface area (Å²) < 4.78 is 174. The Balaban J connectivity index is 0.000000119. The predicted molar refractivity (Wildman–Crippen MR) is 495 cm³/mol. The molecule has 20 aromatic rings. The normalized spacial score (nSPS) is 12.1. The fraction of sp³-hybridized carbons (Fsp3) is 0.125. The van der Waals surface area contributed by atoms with Crippen LogP contribution in [0.4, 0.5) is 110 Å². The van der Waals surface area contributed by atoms with Gasteiger partial charge in [-0.25, -0.2) is 44.9 Å². The second-order valence-electron chi connectivity index (χ2n) is 30.4. The zero-order valence-corrected chi connectivity index (χ0v) is 73.3. The molecule has 41 heteroatoms. The van der Waals surface area contributed by atoms with E-state index in [4.69, 9.17) is 9.72 Å². The average molecular weight is 1880 g/mol. The van der Waals surface area contributed by atoms with E-state index in [-0.39, 0.29) is 39.8 Å². The van der Waals surface area contributed by atoms with Crippen molar-refractivity contribution in [1.29, 1.82) is 0 Å². The monoisotopic (exact) mass is 1880 g/mol. The number of thioether (sulfide) groups is 1. The lowest BCUT2D eigenvalue weighted by molar-refractivity contribution is -0.274. The van der Waals surface area contributed by atoms with Gasteiger partial charge in [0.25, 0.3) is 0 Å². The van der Waals surface area contributed by atoms with Crippen LogP contribution in [0.15, 0.2) is 304 Å². The van der Waals surface area contributed by atoms with Crippen molar-refractivity contribution in [3.8, 4) is 51.7 Å². The lowest BCUT2D eigenvalue weighted by Gasteiger charge is -2.11. The molecule has 0 unspecified atom stereocenters. The molecule has 28 nitrogen and oxygen atoms in total. The summed E-state index contributed by atoms with van der Waals surface area (Å²) in [6.07, 6.45) is 10.2. The predicted octanol–water partition coefficient (Wildman–Crippen LogP) is 23.6. The summed E-state index contributed by atoms with van der Waals surface area (Å²) in [5.74, 6) is 6.04. The summed E-state index contributed by atoms with van der Waals surface area (Å²) in [7, 11) is 1.65. The topological polar surface area (TPSA) is 308 Å². The van der Waals surface area contributed by atoms with Gasteiger partial charge in [0.2, 0.25) is 0 Å². The van der Waals surface area contributed by atoms with Crippen LogP contribution in [0.3, 0.4) is 0 Å². The summed E-state index contributed by atoms with van der Waals surface area (Å²) in [6.45, 7) is 5.88. The van der Waals surface area contributed by atoms with Crippen molar-refractivity contribution in [2.75, 3.05) is 39.9 Å². The van der Waals surface area contributed by atoms with Gasteiger partial charge in [0.1, 0.15) is 62.9 Å². The molecule has 0 spiro atoms. The minimum Gasteiger partial charge on any atom is -0.497 e. The Labute approximate surface area is 774 Å². The SMILES string of the molecule is COc1ccc(Nc2cncc(-n3c(C)cc4ccccc43)n2)cc1.CSc1nc2ccccc2n1-c1cncc(Nc2ccc(OC(F)(F)F)cc2)n1.Cc1ccc(Nc2cncc(-c3c(C(F)(F)F)nc4cnccn34)n2)cc1.Cc1nc2cnccc2n1-c1cncc(Nc2ccc(C(F)(F)F)cc2)n1.FC(F)(F)c1nc2ccccn2c1-c1cncc(Nc2ccc(C3CC3)cc2)n1. The maximum Gasteiger partial charge on any atom is 0.573 e. The molecule has 5 N–H and O–H groups in total. The Kier molecular flexibility index (Phi) is 26.4. The molecule has 1 saturated carbocycles. The van der Waals surface area contributed by atoms with E-state index in [9.17, 15) is 52.7 Å². The van der Waals surface area contributed by atoms with Crippen molar-refractivity contribution in [1.82, 2.24) is 102 Å². The third kappa shape index (κ3) is 22.0. The standard InChI is InChI=1S/C21H16F3N5.C20H18N4O.C19H14F3N5OS.2C18H13F3N6/c22-21(23,24)20-19(29-10-2-1-3-18(29)28-20)16-11-25-12-17(27-16)26-15-8-6-14(7-9-15)13-4-5-13;1-14-11-15-5-3-4-6-18(15)24(14)20-13-21-12-19(23-20)22-16-7-9-17(25-2)10-8-16;1-29-18-25-14-4-2-3-5-15(14)27(18)17-11-23-10-16(26-17)24-12-6-8-13(9-7-12)28-19(20,21)22;1-11-24-14-8-22-7-6-15(14)27(11)17-10-23-9-16(26-17)25-13-4-2-12(3-5-13)18(19,20)21;1-11-2-4-12(5-3-11)24-14-9-23-8-13(25-14)16-17(18(19,20)21)26-15-10-22-6-7-27(15)16/h1-3,6-13H,4-5H2,(H,26,27);3-13H,1-2H3,(H,22,23);2-11H,1H3,(H,24,26);2-10H,1H3,(H,25,26);2-10H,1H3,(H,24,25). The minimum absolute atomic E-state index is 0.0538. The van der Waals surface area contributed by atoms with Gasteiger partial charge in [-0.3, -0.25) is 57.4 Å². The van der Waals surface area contributed by atoms with Crippen molar-refractivity contribution in [2.45, 2.75) is 69.6 Å². The first-order valence-electron chi connectivity index (χ1n) is 41.6. The second kappa shape index (κ2) is 39.4. The number of hydrogen-bond acceptors (Lipinski definition) is 24. The Hall–Kier alpha value is -17.0. The highest BCUT2D eigenvalue weighted by Gasteiger charge is 2.41. The number of fused-ring (bicyclic) bond motifs is 5. The highest BCUT2D eigenvalue weighted by molar-refractivity contribution is 7.98. The van der Waals surface area contributed by atoms with Crippen LogP contribution in [-0.4, -0.2) is 122 Å². The highest BCUT2D eigenvalue weighted by Crippen LogP contribution is 2.43. The summed E-state index contributed by atoms with van der Waals surface area (Å²) in [6, 6.07) is 58.1. The van der Waals surface area contributed by atoms with Gasteiger partial charge >= 0.3 is 24.9 Å². The van der Waals surface area contributed by atoms with Crippen molar-refractivity contribution in [2.24, 2.45) is 0 Å². The van der Waals surface area contributed by atoms with Gasteiger partial charge in [0.05, 0.1) is 109 Å². The molecule has 1 aliphatic rings. The molecule has 0 radical (unpaired) electrons. The first-order chi connectivity index (χ1) is 66.0. The van der Waals surface area contributed by atoms with Crippen LogP contribution in [-0.2, 0) is 18.5 Å². The maximum atomic E-state index is 13.6. The van der Waals surface area contributed by atoms with E-state index in [1.165, 1.54) is 149 Å². The Morgan fingerprint density at radius 1 is 0.372 bits per heavy atom. The first-order valence-corrected chi connectivity index (χ1v) is 42.8. The zero-order valence-electron chi connectivity index (χ0n) is 72.4. The molecule has 0 bridgehead atoms. The Morgan fingerprint density at radius 2 is 0.832 bits per heavy atom. The molecular formula is C96H74F12N26O2S. The number of nitrogens with zero attached hydrogens (tertiary/aromatic N) is 21. The van der Waals surface area contributed by atoms with E-state index in [2.05, 4.69) is 148 Å². The number of anilines is 10. The Bertz CT molecular complexity index is 7640. The highest BCUT2D eigenvalue weighted by atomic mass is 32.2. The number of aromatic nitrogens is 21. The second-order valence-corrected chi connectivity index (χ2v) is 31.2. The third-order valence-corrected chi connectivity index (χ3v) is 21.4. The zero-order chi connectivity index (χ0) is 95.7. The summed E-state index contributed by atoms with van der Waals surface area (Å²) in [5, 5.41) is 17.4. The molecule has 1 aliphatic carbocycles. The average Bonchev–Trinajstić information content (AvgIpc) is 1.62. The molecule has 13 aromatic heterocycles. The number of nitrogens with one attached hydrogen (secondary N) is 5. The maximum absolute atomic E-state index is 13.6. The van der Waals surface area contributed by atoms with Crippen molar-refractivity contribution in [3.05, 3.63) is 339 Å². The van der Waals surface area contributed by atoms with E-state index in [0.29, 0.717) is 58.0 Å².